The second kappa shape index (κ2) is 9.99. The second-order valence-electron chi connectivity index (χ2n) is 7.27. The number of halogens is 1. The summed E-state index contributed by atoms with van der Waals surface area (Å²) in [6.07, 6.45) is 4.39. The molecule has 1 aliphatic heterocycles. The standard InChI is InChI=1S/C21H22N6O3S.ClH/c22-10-6-19(28)26-18-14-24-21-17(20(18)25-15-7-11-23-12-8-15)9-13-27(21)31(29,30)16-4-2-1-3-5-16;/h1-5,9,13-15,23H,6-8,11-12H2,(H,24,25)(H,26,28);1H. The minimum Gasteiger partial charge on any atom is -0.380 e. The second-order valence-corrected chi connectivity index (χ2v) is 9.08. The van der Waals surface area contributed by atoms with Crippen molar-refractivity contribution in [2.75, 3.05) is 23.7 Å². The van der Waals surface area contributed by atoms with Crippen molar-refractivity contribution < 1.29 is 13.2 Å². The molecule has 1 saturated heterocycles. The van der Waals surface area contributed by atoms with E-state index in [9.17, 15) is 13.2 Å². The van der Waals surface area contributed by atoms with E-state index in [0.29, 0.717) is 16.8 Å². The highest BCUT2D eigenvalue weighted by Crippen LogP contribution is 2.33. The summed E-state index contributed by atoms with van der Waals surface area (Å²) in [6.45, 7) is 1.73. The van der Waals surface area contributed by atoms with E-state index in [-0.39, 0.29) is 35.4 Å². The van der Waals surface area contributed by atoms with E-state index in [0.717, 1.165) is 29.9 Å². The van der Waals surface area contributed by atoms with Crippen LogP contribution in [0, 0.1) is 11.3 Å². The van der Waals surface area contributed by atoms with Crippen molar-refractivity contribution in [1.82, 2.24) is 14.3 Å². The average Bonchev–Trinajstić information content (AvgIpc) is 3.22. The first-order valence-electron chi connectivity index (χ1n) is 9.95. The molecule has 1 amide bonds. The molecule has 0 bridgehead atoms. The third kappa shape index (κ3) is 4.70. The van der Waals surface area contributed by atoms with Crippen LogP contribution in [0.3, 0.4) is 0 Å². The molecule has 1 aliphatic rings. The molecule has 168 valence electrons. The number of nitriles is 1. The summed E-state index contributed by atoms with van der Waals surface area (Å²) in [5.41, 5.74) is 1.28. The number of rotatable bonds is 6. The first kappa shape index (κ1) is 23.5. The fourth-order valence-electron chi connectivity index (χ4n) is 3.65. The Balaban J connectivity index is 0.00000289. The summed E-state index contributed by atoms with van der Waals surface area (Å²) in [6, 6.07) is 11.8. The molecule has 0 aliphatic carbocycles. The Labute approximate surface area is 192 Å². The lowest BCUT2D eigenvalue weighted by atomic mass is 10.1. The van der Waals surface area contributed by atoms with E-state index in [1.807, 2.05) is 6.07 Å². The highest BCUT2D eigenvalue weighted by Gasteiger charge is 2.23. The van der Waals surface area contributed by atoms with Gasteiger partial charge in [-0.3, -0.25) is 4.79 Å². The summed E-state index contributed by atoms with van der Waals surface area (Å²) < 4.78 is 27.4. The number of carbonyl (C=O) groups excluding carboxylic acids is 1. The summed E-state index contributed by atoms with van der Waals surface area (Å²) >= 11 is 0. The number of aromatic nitrogens is 2. The molecule has 0 saturated carbocycles. The SMILES string of the molecule is Cl.N#CCC(=O)Nc1cnc2c(ccn2S(=O)(=O)c2ccccc2)c1NC1CCNCC1. The van der Waals surface area contributed by atoms with Gasteiger partial charge in [0.2, 0.25) is 5.91 Å². The molecule has 1 aromatic carbocycles. The van der Waals surface area contributed by atoms with Gasteiger partial charge in [-0.05, 0) is 44.1 Å². The Hall–Kier alpha value is -3.13. The van der Waals surface area contributed by atoms with Gasteiger partial charge in [-0.2, -0.15) is 5.26 Å². The molecule has 3 heterocycles. The first-order chi connectivity index (χ1) is 15.0. The first-order valence-corrected chi connectivity index (χ1v) is 11.4. The van der Waals surface area contributed by atoms with Crippen molar-refractivity contribution >= 4 is 50.7 Å². The van der Waals surface area contributed by atoms with E-state index in [1.54, 1.807) is 24.3 Å². The zero-order chi connectivity index (χ0) is 21.8. The van der Waals surface area contributed by atoms with Crippen molar-refractivity contribution in [3.05, 3.63) is 48.8 Å². The van der Waals surface area contributed by atoms with Crippen LogP contribution < -0.4 is 16.0 Å². The minimum atomic E-state index is -3.83. The Bertz CT molecular complexity index is 1250. The molecule has 0 spiro atoms. The van der Waals surface area contributed by atoms with Crippen LogP contribution in [0.1, 0.15) is 19.3 Å². The number of nitrogens with zero attached hydrogens (tertiary/aromatic N) is 3. The maximum Gasteiger partial charge on any atom is 0.269 e. The molecule has 4 rings (SSSR count). The van der Waals surface area contributed by atoms with Crippen LogP contribution in [0.4, 0.5) is 11.4 Å². The number of fused-ring (bicyclic) bond motifs is 1. The normalized spacial score (nSPS) is 14.3. The monoisotopic (exact) mass is 474 g/mol. The number of pyridine rings is 1. The quantitative estimate of drug-likeness (QED) is 0.500. The predicted octanol–water partition coefficient (Wildman–Crippen LogP) is 2.71. The van der Waals surface area contributed by atoms with E-state index >= 15 is 0 Å². The third-order valence-corrected chi connectivity index (χ3v) is 6.86. The highest BCUT2D eigenvalue weighted by molar-refractivity contribution is 7.90. The number of benzene rings is 1. The molecule has 0 unspecified atom stereocenters. The van der Waals surface area contributed by atoms with Crippen LogP contribution in [-0.4, -0.2) is 42.4 Å². The summed E-state index contributed by atoms with van der Waals surface area (Å²) in [5, 5.41) is 18.8. The molecular formula is C21H23ClN6O3S. The average molecular weight is 475 g/mol. The van der Waals surface area contributed by atoms with Crippen LogP contribution in [0.25, 0.3) is 11.0 Å². The number of nitrogens with one attached hydrogen (secondary N) is 3. The summed E-state index contributed by atoms with van der Waals surface area (Å²) in [4.78, 5) is 16.5. The van der Waals surface area contributed by atoms with Gasteiger partial charge in [0.15, 0.2) is 5.65 Å². The maximum absolute atomic E-state index is 13.1. The van der Waals surface area contributed by atoms with Gasteiger partial charge in [-0.25, -0.2) is 17.4 Å². The van der Waals surface area contributed by atoms with Crippen LogP contribution in [0.5, 0.6) is 0 Å². The predicted molar refractivity (Wildman–Crippen MR) is 124 cm³/mol. The Morgan fingerprint density at radius 2 is 1.94 bits per heavy atom. The van der Waals surface area contributed by atoms with Crippen molar-refractivity contribution in [3.63, 3.8) is 0 Å². The molecule has 0 radical (unpaired) electrons. The summed E-state index contributed by atoms with van der Waals surface area (Å²) in [5.74, 6) is -0.451. The van der Waals surface area contributed by atoms with Gasteiger partial charge in [0.25, 0.3) is 10.0 Å². The molecule has 32 heavy (non-hydrogen) atoms. The van der Waals surface area contributed by atoms with Crippen LogP contribution >= 0.6 is 12.4 Å². The van der Waals surface area contributed by atoms with E-state index in [1.165, 1.54) is 24.5 Å². The molecule has 3 aromatic rings. The van der Waals surface area contributed by atoms with Crippen LogP contribution in [0.15, 0.2) is 53.7 Å². The zero-order valence-corrected chi connectivity index (χ0v) is 18.7. The number of carbonyl (C=O) groups is 1. The molecule has 3 N–H and O–H groups in total. The summed E-state index contributed by atoms with van der Waals surface area (Å²) in [7, 11) is -3.83. The van der Waals surface area contributed by atoms with Crippen molar-refractivity contribution in [1.29, 1.82) is 5.26 Å². The Kier molecular flexibility index (Phi) is 7.35. The zero-order valence-electron chi connectivity index (χ0n) is 17.1. The number of amides is 1. The fraction of sp³-hybridized carbons (Fsp3) is 0.286. The molecule has 9 nitrogen and oxygen atoms in total. The van der Waals surface area contributed by atoms with Gasteiger partial charge in [0.1, 0.15) is 6.42 Å². The van der Waals surface area contributed by atoms with Crippen LogP contribution in [-0.2, 0) is 14.8 Å². The molecular weight excluding hydrogens is 452 g/mol. The number of hydrogen-bond donors (Lipinski definition) is 3. The lowest BCUT2D eigenvalue weighted by Gasteiger charge is -2.26. The smallest absolute Gasteiger partial charge is 0.269 e. The van der Waals surface area contributed by atoms with Gasteiger partial charge in [-0.1, -0.05) is 18.2 Å². The number of piperidine rings is 1. The molecule has 1 fully saturated rings. The molecule has 0 atom stereocenters. The van der Waals surface area contributed by atoms with Gasteiger partial charge in [0, 0.05) is 17.6 Å². The largest absolute Gasteiger partial charge is 0.380 e. The fourth-order valence-corrected chi connectivity index (χ4v) is 4.97. The van der Waals surface area contributed by atoms with Crippen molar-refractivity contribution in [2.24, 2.45) is 0 Å². The Morgan fingerprint density at radius 3 is 2.62 bits per heavy atom. The number of hydrogen-bond acceptors (Lipinski definition) is 7. The number of anilines is 2. The van der Waals surface area contributed by atoms with Gasteiger partial charge >= 0.3 is 0 Å². The third-order valence-electron chi connectivity index (χ3n) is 5.18. The lowest BCUT2D eigenvalue weighted by molar-refractivity contribution is -0.115. The lowest BCUT2D eigenvalue weighted by Crippen LogP contribution is -2.35. The minimum absolute atomic E-state index is 0. The van der Waals surface area contributed by atoms with E-state index in [4.69, 9.17) is 5.26 Å². The maximum atomic E-state index is 13.1. The van der Waals surface area contributed by atoms with Gasteiger partial charge in [-0.15, -0.1) is 12.4 Å². The molecule has 2 aromatic heterocycles. The van der Waals surface area contributed by atoms with Gasteiger partial charge in [0.05, 0.1) is 28.5 Å². The van der Waals surface area contributed by atoms with E-state index in [2.05, 4.69) is 20.9 Å². The highest BCUT2D eigenvalue weighted by atomic mass is 35.5. The van der Waals surface area contributed by atoms with E-state index < -0.39 is 15.9 Å². The van der Waals surface area contributed by atoms with Crippen LogP contribution in [0.2, 0.25) is 0 Å². The molecule has 11 heteroatoms. The van der Waals surface area contributed by atoms with Crippen molar-refractivity contribution in [3.8, 4) is 6.07 Å². The van der Waals surface area contributed by atoms with Crippen molar-refractivity contribution in [2.45, 2.75) is 30.2 Å². The topological polar surface area (TPSA) is 129 Å². The Morgan fingerprint density at radius 1 is 1.22 bits per heavy atom. The van der Waals surface area contributed by atoms with Gasteiger partial charge < -0.3 is 16.0 Å².